The van der Waals surface area contributed by atoms with Crippen molar-refractivity contribution < 1.29 is 17.1 Å². The monoisotopic (exact) mass is 454 g/mol. The third-order valence-corrected chi connectivity index (χ3v) is 6.37. The number of hydrogen-bond acceptors (Lipinski definition) is 3. The molecule has 1 N–H and O–H groups in total. The van der Waals surface area contributed by atoms with Crippen molar-refractivity contribution in [2.24, 2.45) is 0 Å². The molecular formula is C25H38FeN2S. The molecule has 1 heterocycles. The Bertz CT molecular complexity index is 687. The Morgan fingerprint density at radius 3 is 1.97 bits per heavy atom. The molecule has 2 nitrogen and oxygen atoms in total. The van der Waals surface area contributed by atoms with E-state index in [4.69, 9.17) is 0 Å². The molecular weight excluding hydrogens is 416 g/mol. The fourth-order valence-electron chi connectivity index (χ4n) is 3.63. The summed E-state index contributed by atoms with van der Waals surface area (Å²) in [7, 11) is 0. The maximum atomic E-state index is 3.42. The van der Waals surface area contributed by atoms with Gasteiger partial charge in [-0.2, -0.15) is 0 Å². The van der Waals surface area contributed by atoms with Crippen molar-refractivity contribution in [1.29, 1.82) is 0 Å². The molecule has 162 valence electrons. The number of para-hydroxylation sites is 1. The van der Waals surface area contributed by atoms with Crippen LogP contribution >= 0.6 is 11.8 Å². The maximum absolute atomic E-state index is 3.42. The Morgan fingerprint density at radius 1 is 0.793 bits per heavy atom. The number of aryl methyl sites for hydroxylation is 2. The van der Waals surface area contributed by atoms with E-state index in [-0.39, 0.29) is 31.9 Å². The van der Waals surface area contributed by atoms with Crippen LogP contribution in [-0.2, 0) is 17.1 Å². The van der Waals surface area contributed by atoms with Crippen LogP contribution in [0.25, 0.3) is 0 Å². The van der Waals surface area contributed by atoms with Gasteiger partial charge in [0.1, 0.15) is 0 Å². The van der Waals surface area contributed by atoms with Crippen molar-refractivity contribution in [1.82, 2.24) is 5.32 Å². The Labute approximate surface area is 194 Å². The van der Waals surface area contributed by atoms with Gasteiger partial charge in [-0.3, -0.25) is 0 Å². The second-order valence-electron chi connectivity index (χ2n) is 7.34. The van der Waals surface area contributed by atoms with E-state index in [9.17, 15) is 0 Å². The van der Waals surface area contributed by atoms with Crippen molar-refractivity contribution in [3.05, 3.63) is 68.4 Å². The summed E-state index contributed by atoms with van der Waals surface area (Å²) in [6, 6.07) is 15.5. The molecule has 0 spiro atoms. The van der Waals surface area contributed by atoms with Gasteiger partial charge >= 0.3 is 17.1 Å². The second kappa shape index (κ2) is 15.0. The Balaban J connectivity index is 0.000000863. The van der Waals surface area contributed by atoms with Gasteiger partial charge in [-0.25, -0.2) is 0 Å². The average Bonchev–Trinajstić information content (AvgIpc) is 3.25. The van der Waals surface area contributed by atoms with Crippen LogP contribution in [0.15, 0.2) is 52.3 Å². The Kier molecular flexibility index (Phi) is 14.5. The predicted octanol–water partition coefficient (Wildman–Crippen LogP) is 6.71. The molecule has 4 rings (SSSR count). The van der Waals surface area contributed by atoms with Gasteiger partial charge in [0.05, 0.1) is 5.69 Å². The topological polar surface area (TPSA) is 15.3 Å². The van der Waals surface area contributed by atoms with Gasteiger partial charge in [-0.15, -0.1) is 0 Å². The largest absolute Gasteiger partial charge is 2.00 e. The minimum atomic E-state index is 0. The first-order valence-electron chi connectivity index (χ1n) is 10.0. The summed E-state index contributed by atoms with van der Waals surface area (Å²) >= 11 is 1.88. The predicted molar refractivity (Wildman–Crippen MR) is 127 cm³/mol. The van der Waals surface area contributed by atoms with Crippen molar-refractivity contribution in [3.8, 4) is 0 Å². The summed E-state index contributed by atoms with van der Waals surface area (Å²) < 4.78 is 0. The Morgan fingerprint density at radius 2 is 1.38 bits per heavy atom. The van der Waals surface area contributed by atoms with Crippen LogP contribution in [0, 0.1) is 28.7 Å². The number of piperazine rings is 1. The zero-order chi connectivity index (χ0) is 18.2. The van der Waals surface area contributed by atoms with Crippen molar-refractivity contribution in [2.45, 2.75) is 55.7 Å². The summed E-state index contributed by atoms with van der Waals surface area (Å²) in [5.74, 6) is 0. The molecule has 1 aliphatic heterocycles. The number of anilines is 1. The van der Waals surface area contributed by atoms with E-state index in [0.29, 0.717) is 0 Å². The van der Waals surface area contributed by atoms with Crippen LogP contribution in [0.5, 0.6) is 0 Å². The normalized spacial score (nSPS) is 15.2. The summed E-state index contributed by atoms with van der Waals surface area (Å²) in [6.45, 7) is 8.67. The summed E-state index contributed by atoms with van der Waals surface area (Å²) in [5, 5.41) is 3.42. The summed E-state index contributed by atoms with van der Waals surface area (Å²) in [6.07, 6.45) is 7.50. The van der Waals surface area contributed by atoms with Gasteiger partial charge in [0.2, 0.25) is 0 Å². The molecule has 1 saturated heterocycles. The first-order chi connectivity index (χ1) is 12.7. The van der Waals surface area contributed by atoms with E-state index in [1.54, 1.807) is 0 Å². The molecule has 29 heavy (non-hydrogen) atoms. The molecule has 0 unspecified atom stereocenters. The molecule has 1 aliphatic carbocycles. The first-order valence-corrected chi connectivity index (χ1v) is 10.9. The molecule has 0 bridgehead atoms. The molecule has 4 heteroatoms. The summed E-state index contributed by atoms with van der Waals surface area (Å²) in [5.41, 5.74) is 4.05. The number of benzene rings is 2. The van der Waals surface area contributed by atoms with Crippen LogP contribution in [0.3, 0.4) is 0 Å². The standard InChI is InChI=1S/C18H22N2S.C5H10.2CH3.Fe/c1-14-7-8-17(15(2)13-14)21-18-6-4-3-5-16(18)20-11-9-19-10-12-20;1-2-4-5-3-1;;;/h3-8,13,19H,9-12H2,1-2H3;1-5H2;2*1H3;/q;;2*-1;+2. The zero-order valence-corrected chi connectivity index (χ0v) is 20.5. The third kappa shape index (κ3) is 8.76. The fraction of sp³-hybridized carbons (Fsp3) is 0.440. The number of nitrogens with one attached hydrogen (secondary N) is 1. The molecule has 2 aromatic rings. The second-order valence-corrected chi connectivity index (χ2v) is 8.43. The molecule has 2 aliphatic rings. The number of hydrogen-bond donors (Lipinski definition) is 1. The summed E-state index contributed by atoms with van der Waals surface area (Å²) in [4.78, 5) is 5.19. The van der Waals surface area contributed by atoms with Crippen molar-refractivity contribution >= 4 is 17.4 Å². The van der Waals surface area contributed by atoms with E-state index in [1.807, 2.05) is 11.8 Å². The molecule has 0 atom stereocenters. The quantitative estimate of drug-likeness (QED) is 0.410. The van der Waals surface area contributed by atoms with Crippen LogP contribution in [0.1, 0.15) is 43.2 Å². The van der Waals surface area contributed by atoms with E-state index in [0.717, 1.165) is 26.2 Å². The molecule has 0 radical (unpaired) electrons. The zero-order valence-electron chi connectivity index (χ0n) is 18.6. The Hall–Kier alpha value is -0.931. The van der Waals surface area contributed by atoms with Gasteiger partial charge in [0, 0.05) is 36.0 Å². The van der Waals surface area contributed by atoms with Crippen molar-refractivity contribution in [2.75, 3.05) is 31.1 Å². The van der Waals surface area contributed by atoms with E-state index in [2.05, 4.69) is 66.5 Å². The van der Waals surface area contributed by atoms with Crippen LogP contribution < -0.4 is 10.2 Å². The van der Waals surface area contributed by atoms with E-state index >= 15 is 0 Å². The van der Waals surface area contributed by atoms with Crippen LogP contribution in [0.4, 0.5) is 5.69 Å². The minimum Gasteiger partial charge on any atom is -0.368 e. The smallest absolute Gasteiger partial charge is 0.368 e. The van der Waals surface area contributed by atoms with E-state index < -0.39 is 0 Å². The molecule has 0 aromatic heterocycles. The van der Waals surface area contributed by atoms with E-state index in [1.165, 1.54) is 58.7 Å². The first kappa shape index (κ1) is 28.1. The van der Waals surface area contributed by atoms with Gasteiger partial charge in [0.25, 0.3) is 0 Å². The average molecular weight is 455 g/mol. The van der Waals surface area contributed by atoms with Crippen molar-refractivity contribution in [3.63, 3.8) is 0 Å². The molecule has 2 aromatic carbocycles. The molecule has 1 saturated carbocycles. The fourth-order valence-corrected chi connectivity index (χ4v) is 4.67. The minimum absolute atomic E-state index is 0. The third-order valence-electron chi connectivity index (χ3n) is 5.12. The van der Waals surface area contributed by atoms with Crippen LogP contribution in [0.2, 0.25) is 0 Å². The van der Waals surface area contributed by atoms with Gasteiger partial charge in [-0.1, -0.05) is 73.7 Å². The maximum Gasteiger partial charge on any atom is 2.00 e. The number of rotatable bonds is 3. The van der Waals surface area contributed by atoms with Gasteiger partial charge < -0.3 is 25.1 Å². The molecule has 0 amide bonds. The SMILES string of the molecule is C1CCCC1.Cc1ccc(Sc2ccccc2N2CCNCC2)c(C)c1.[CH3-].[CH3-].[Fe+2]. The van der Waals surface area contributed by atoms with Gasteiger partial charge in [-0.05, 0) is 37.6 Å². The van der Waals surface area contributed by atoms with Gasteiger partial charge in [0.15, 0.2) is 0 Å². The molecule has 2 fully saturated rings. The number of nitrogens with zero attached hydrogens (tertiary/aromatic N) is 1. The van der Waals surface area contributed by atoms with Crippen LogP contribution in [-0.4, -0.2) is 26.2 Å².